The van der Waals surface area contributed by atoms with Gasteiger partial charge in [-0.15, -0.1) is 0 Å². The predicted octanol–water partition coefficient (Wildman–Crippen LogP) is 6.14. The molecule has 1 aliphatic rings. The third-order valence-corrected chi connectivity index (χ3v) is 10.8. The second kappa shape index (κ2) is 22.3. The van der Waals surface area contributed by atoms with Crippen LogP contribution < -0.4 is 20.7 Å². The zero-order chi connectivity index (χ0) is 44.7. The number of benzene rings is 5. The summed E-state index contributed by atoms with van der Waals surface area (Å²) in [7, 11) is 2.57. The van der Waals surface area contributed by atoms with E-state index in [1.807, 2.05) is 66.7 Å². The van der Waals surface area contributed by atoms with Crippen molar-refractivity contribution < 1.29 is 48.0 Å². The topological polar surface area (TPSA) is 182 Å². The monoisotopic (exact) mass is 876 g/mol. The van der Waals surface area contributed by atoms with E-state index in [2.05, 4.69) is 16.0 Å². The number of carbonyl (C=O) groups is 5. The molecule has 4 bridgehead atoms. The van der Waals surface area contributed by atoms with Crippen LogP contribution in [0.1, 0.15) is 34.2 Å². The minimum atomic E-state index is -1.50. The van der Waals surface area contributed by atoms with E-state index in [9.17, 15) is 29.1 Å². The highest BCUT2D eigenvalue weighted by molar-refractivity contribution is 6.31. The van der Waals surface area contributed by atoms with E-state index in [0.717, 1.165) is 16.0 Å². The quantitative estimate of drug-likeness (QED) is 0.0793. The molecular formula is C48H49ClN4O10. The summed E-state index contributed by atoms with van der Waals surface area (Å²) < 4.78 is 22.3. The first-order chi connectivity index (χ1) is 30.5. The SMILES string of the molecule is COC(=O)[C@@H]1Cc2cc(ccc2Cl)-c2ccc(OCc3ccccc3)c(c2)C[C@H](NC(=O)OCc2ccccc2)C(=O)N[C@@H](C[C@@H](O)CNC(=O)OCc2ccccc2)C(=O)N1C. The van der Waals surface area contributed by atoms with Crippen molar-refractivity contribution in [3.8, 4) is 16.9 Å². The third-order valence-electron chi connectivity index (χ3n) is 10.4. The Morgan fingerprint density at radius 3 is 1.92 bits per heavy atom. The molecule has 4 N–H and O–H groups in total. The van der Waals surface area contributed by atoms with Crippen molar-refractivity contribution in [3.63, 3.8) is 0 Å². The molecule has 4 amide bonds. The normalized spacial score (nSPS) is 16.9. The van der Waals surface area contributed by atoms with Crippen LogP contribution in [0.3, 0.4) is 0 Å². The molecule has 0 saturated heterocycles. The average Bonchev–Trinajstić information content (AvgIpc) is 3.31. The van der Waals surface area contributed by atoms with E-state index < -0.39 is 60.6 Å². The van der Waals surface area contributed by atoms with E-state index in [1.54, 1.807) is 60.7 Å². The minimum absolute atomic E-state index is 0.0172. The van der Waals surface area contributed by atoms with Gasteiger partial charge in [0.2, 0.25) is 11.8 Å². The van der Waals surface area contributed by atoms with Crippen LogP contribution in [0.5, 0.6) is 5.75 Å². The molecule has 1 heterocycles. The number of rotatable bonds is 13. The molecular weight excluding hydrogens is 828 g/mol. The average molecular weight is 877 g/mol. The van der Waals surface area contributed by atoms with Gasteiger partial charge < -0.3 is 44.9 Å². The Hall–Kier alpha value is -6.90. The number of alkyl carbamates (subject to hydrolysis) is 2. The van der Waals surface area contributed by atoms with Gasteiger partial charge in [0.25, 0.3) is 0 Å². The van der Waals surface area contributed by atoms with Gasteiger partial charge in [-0.2, -0.15) is 0 Å². The van der Waals surface area contributed by atoms with Gasteiger partial charge >= 0.3 is 18.2 Å². The Kier molecular flexibility index (Phi) is 16.1. The second-order valence-corrected chi connectivity index (χ2v) is 15.4. The first kappa shape index (κ1) is 45.6. The van der Waals surface area contributed by atoms with Gasteiger partial charge in [-0.25, -0.2) is 14.4 Å². The first-order valence-corrected chi connectivity index (χ1v) is 20.7. The molecule has 0 radical (unpaired) electrons. The Balaban J connectivity index is 1.35. The van der Waals surface area contributed by atoms with Gasteiger partial charge in [-0.05, 0) is 63.2 Å². The summed E-state index contributed by atoms with van der Waals surface area (Å²) in [5.74, 6) is -1.91. The van der Waals surface area contributed by atoms with Gasteiger partial charge in [0.15, 0.2) is 0 Å². The molecule has 5 aromatic rings. The number of hydrogen-bond acceptors (Lipinski definition) is 10. The van der Waals surface area contributed by atoms with Crippen LogP contribution in [-0.2, 0) is 61.3 Å². The fourth-order valence-corrected chi connectivity index (χ4v) is 7.18. The van der Waals surface area contributed by atoms with E-state index in [1.165, 1.54) is 14.2 Å². The summed E-state index contributed by atoms with van der Waals surface area (Å²) in [6.07, 6.45) is -3.76. The summed E-state index contributed by atoms with van der Waals surface area (Å²) in [5.41, 5.74) is 4.85. The number of aliphatic hydroxyl groups excluding tert-OH is 1. The number of ether oxygens (including phenoxy) is 4. The molecule has 63 heavy (non-hydrogen) atoms. The zero-order valence-corrected chi connectivity index (χ0v) is 35.6. The number of halogens is 1. The van der Waals surface area contributed by atoms with E-state index in [0.29, 0.717) is 38.6 Å². The summed E-state index contributed by atoms with van der Waals surface area (Å²) >= 11 is 6.72. The van der Waals surface area contributed by atoms with Gasteiger partial charge in [0.05, 0.1) is 13.2 Å². The number of nitrogens with zero attached hydrogens (tertiary/aromatic N) is 1. The highest BCUT2D eigenvalue weighted by Crippen LogP contribution is 2.32. The molecule has 0 fully saturated rings. The highest BCUT2D eigenvalue weighted by Gasteiger charge is 2.36. The molecule has 0 saturated carbocycles. The van der Waals surface area contributed by atoms with Crippen molar-refractivity contribution in [1.29, 1.82) is 0 Å². The molecule has 14 nitrogen and oxygen atoms in total. The van der Waals surface area contributed by atoms with Crippen LogP contribution in [0.2, 0.25) is 5.02 Å². The smallest absolute Gasteiger partial charge is 0.408 e. The minimum Gasteiger partial charge on any atom is -0.489 e. The van der Waals surface area contributed by atoms with Crippen LogP contribution in [0, 0.1) is 0 Å². The van der Waals surface area contributed by atoms with Crippen LogP contribution >= 0.6 is 11.6 Å². The van der Waals surface area contributed by atoms with E-state index in [-0.39, 0.29) is 39.2 Å². The van der Waals surface area contributed by atoms with Crippen molar-refractivity contribution in [2.75, 3.05) is 20.7 Å². The van der Waals surface area contributed by atoms with Crippen molar-refractivity contribution in [1.82, 2.24) is 20.9 Å². The number of likely N-dealkylation sites (N-methyl/N-ethyl adjacent to an activating group) is 1. The molecule has 0 aromatic heterocycles. The second-order valence-electron chi connectivity index (χ2n) is 15.0. The van der Waals surface area contributed by atoms with Gasteiger partial charge in [-0.1, -0.05) is 115 Å². The van der Waals surface area contributed by atoms with Crippen LogP contribution in [0.25, 0.3) is 11.1 Å². The van der Waals surface area contributed by atoms with Crippen molar-refractivity contribution in [2.24, 2.45) is 0 Å². The maximum atomic E-state index is 14.6. The van der Waals surface area contributed by atoms with E-state index in [4.69, 9.17) is 30.5 Å². The van der Waals surface area contributed by atoms with Crippen LogP contribution in [0.15, 0.2) is 127 Å². The molecule has 5 aromatic carbocycles. The molecule has 0 spiro atoms. The number of nitrogens with one attached hydrogen (secondary N) is 3. The summed E-state index contributed by atoms with van der Waals surface area (Å²) in [5, 5.41) is 19.5. The Morgan fingerprint density at radius 1 is 0.762 bits per heavy atom. The first-order valence-electron chi connectivity index (χ1n) is 20.3. The third kappa shape index (κ3) is 13.1. The molecule has 1 aliphatic heterocycles. The fraction of sp³-hybridized carbons (Fsp3) is 0.271. The van der Waals surface area contributed by atoms with Crippen molar-refractivity contribution >= 4 is 41.6 Å². The Morgan fingerprint density at radius 2 is 1.32 bits per heavy atom. The number of esters is 1. The van der Waals surface area contributed by atoms with Crippen molar-refractivity contribution in [3.05, 3.63) is 160 Å². The summed E-state index contributed by atoms with van der Waals surface area (Å²) in [4.78, 5) is 69.7. The standard InChI is InChI=1S/C48H49ClN4O10/c1-53-42(46(57)60-2)25-36-22-34(18-20-39(36)49)35-19-21-43(61-28-31-12-6-3-7-13-31)37(23-35)24-40(52-48(59)63-30-33-16-10-5-11-17-33)44(55)51-41(45(53)56)26-38(54)27-50-47(58)62-29-32-14-8-4-9-15-32/h3-23,38,40-42,54H,24-30H2,1-2H3,(H,50,58)(H,51,55)(H,52,59)/t38-,40+,41+,42+/m1/s1. The number of carbonyl (C=O) groups excluding carboxylic acids is 5. The van der Waals surface area contributed by atoms with Gasteiger partial charge in [0.1, 0.15) is 43.7 Å². The lowest BCUT2D eigenvalue weighted by Gasteiger charge is -2.32. The summed E-state index contributed by atoms with van der Waals surface area (Å²) in [6.45, 7) is -0.265. The van der Waals surface area contributed by atoms with Gasteiger partial charge in [0, 0.05) is 37.9 Å². The Labute approximate surface area is 370 Å². The molecule has 4 atom stereocenters. The lowest BCUT2D eigenvalue weighted by Crippen LogP contribution is -2.58. The lowest BCUT2D eigenvalue weighted by molar-refractivity contribution is -0.153. The molecule has 0 unspecified atom stereocenters. The molecule has 15 heteroatoms. The van der Waals surface area contributed by atoms with Crippen LogP contribution in [-0.4, -0.2) is 84.9 Å². The largest absolute Gasteiger partial charge is 0.489 e. The number of fused-ring (bicyclic) bond motifs is 5. The lowest BCUT2D eigenvalue weighted by atomic mass is 9.95. The number of aliphatic hydroxyl groups is 1. The fourth-order valence-electron chi connectivity index (χ4n) is 6.99. The maximum absolute atomic E-state index is 14.6. The van der Waals surface area contributed by atoms with Crippen LogP contribution in [0.4, 0.5) is 9.59 Å². The number of methoxy groups -OCH3 is 1. The Bertz CT molecular complexity index is 2350. The zero-order valence-electron chi connectivity index (χ0n) is 34.8. The van der Waals surface area contributed by atoms with Gasteiger partial charge in [-0.3, -0.25) is 9.59 Å². The number of hydrogen-bond donors (Lipinski definition) is 4. The van der Waals surface area contributed by atoms with E-state index >= 15 is 0 Å². The highest BCUT2D eigenvalue weighted by atomic mass is 35.5. The molecule has 328 valence electrons. The predicted molar refractivity (Wildman–Crippen MR) is 234 cm³/mol. The molecule has 0 aliphatic carbocycles. The maximum Gasteiger partial charge on any atom is 0.408 e. The number of amides is 4. The molecule has 6 rings (SSSR count). The van der Waals surface area contributed by atoms with Crippen molar-refractivity contribution in [2.45, 2.75) is 63.3 Å². The summed E-state index contributed by atoms with van der Waals surface area (Å²) in [6, 6.07) is 34.2.